The molecule has 0 bridgehead atoms. The predicted octanol–water partition coefficient (Wildman–Crippen LogP) is 4.47. The standard InChI is InChI=1S/C23H16N4O3S/c1-12-17(22(30)26-14-7-3-2-4-8-14)18(13-6-5-9-24-11-13)19-20-21(31-23(19)25-12)15(28)10-16(29)27-20/h2-11H,1H3,(H,26,30)(H2,27,28,29). The lowest BCUT2D eigenvalue weighted by Crippen LogP contribution is -2.16. The van der Waals surface area contributed by atoms with E-state index in [4.69, 9.17) is 0 Å². The zero-order valence-corrected chi connectivity index (χ0v) is 17.2. The number of aromatic nitrogens is 3. The molecule has 0 spiro atoms. The summed E-state index contributed by atoms with van der Waals surface area (Å²) in [5.74, 6) is -0.439. The van der Waals surface area contributed by atoms with Crippen LogP contribution < -0.4 is 10.9 Å². The monoisotopic (exact) mass is 428 g/mol. The van der Waals surface area contributed by atoms with Crippen LogP contribution in [-0.2, 0) is 0 Å². The second-order valence-corrected chi connectivity index (χ2v) is 8.01. The molecule has 0 radical (unpaired) electrons. The number of pyridine rings is 3. The normalized spacial score (nSPS) is 11.1. The molecule has 3 N–H and O–H groups in total. The number of carbonyl (C=O) groups excluding carboxylic acids is 1. The first-order valence-electron chi connectivity index (χ1n) is 9.49. The zero-order valence-electron chi connectivity index (χ0n) is 16.3. The van der Waals surface area contributed by atoms with E-state index in [1.165, 1.54) is 11.3 Å². The summed E-state index contributed by atoms with van der Waals surface area (Å²) in [6.07, 6.45) is 3.32. The highest BCUT2D eigenvalue weighted by molar-refractivity contribution is 7.25. The number of aryl methyl sites for hydroxylation is 1. The van der Waals surface area contributed by atoms with Gasteiger partial charge in [0.25, 0.3) is 11.5 Å². The minimum atomic E-state index is -0.433. The number of anilines is 1. The molecule has 0 saturated heterocycles. The third-order valence-corrected chi connectivity index (χ3v) is 6.08. The lowest BCUT2D eigenvalue weighted by atomic mass is 9.96. The molecule has 4 heterocycles. The second-order valence-electron chi connectivity index (χ2n) is 7.01. The average molecular weight is 428 g/mol. The quantitative estimate of drug-likeness (QED) is 0.393. The number of nitrogens with zero attached hydrogens (tertiary/aromatic N) is 2. The van der Waals surface area contributed by atoms with Gasteiger partial charge in [-0.05, 0) is 25.1 Å². The van der Waals surface area contributed by atoms with Crippen molar-refractivity contribution in [2.45, 2.75) is 6.92 Å². The topological polar surface area (TPSA) is 108 Å². The second kappa shape index (κ2) is 7.33. The first-order valence-corrected chi connectivity index (χ1v) is 10.3. The molecular weight excluding hydrogens is 412 g/mol. The van der Waals surface area contributed by atoms with E-state index in [1.54, 1.807) is 37.5 Å². The van der Waals surface area contributed by atoms with E-state index < -0.39 is 5.56 Å². The van der Waals surface area contributed by atoms with Crippen LogP contribution in [0.3, 0.4) is 0 Å². The molecule has 1 amide bonds. The van der Waals surface area contributed by atoms with Crippen LogP contribution in [0.5, 0.6) is 5.75 Å². The van der Waals surface area contributed by atoms with Gasteiger partial charge in [0, 0.05) is 40.7 Å². The fourth-order valence-electron chi connectivity index (χ4n) is 3.68. The molecule has 4 aromatic heterocycles. The maximum Gasteiger partial charge on any atom is 0.258 e. The molecule has 1 aromatic carbocycles. The number of amides is 1. The first-order chi connectivity index (χ1) is 15.0. The van der Waals surface area contributed by atoms with Crippen LogP contribution >= 0.6 is 11.3 Å². The van der Waals surface area contributed by atoms with Crippen molar-refractivity contribution in [3.63, 3.8) is 0 Å². The van der Waals surface area contributed by atoms with E-state index in [9.17, 15) is 14.7 Å². The molecule has 0 atom stereocenters. The molecule has 0 aliphatic heterocycles. The number of aromatic amines is 1. The molecule has 0 fully saturated rings. The average Bonchev–Trinajstić information content (AvgIpc) is 3.12. The Balaban J connectivity index is 1.86. The Bertz CT molecular complexity index is 1510. The number of nitrogens with one attached hydrogen (secondary N) is 2. The molecule has 31 heavy (non-hydrogen) atoms. The lowest BCUT2D eigenvalue weighted by Gasteiger charge is -2.14. The molecule has 8 heteroatoms. The minimum Gasteiger partial charge on any atom is -0.506 e. The third-order valence-electron chi connectivity index (χ3n) is 4.98. The summed E-state index contributed by atoms with van der Waals surface area (Å²) in [5, 5.41) is 13.8. The molecule has 0 unspecified atom stereocenters. The Kier molecular flexibility index (Phi) is 4.48. The van der Waals surface area contributed by atoms with Crippen LogP contribution in [0, 0.1) is 6.92 Å². The van der Waals surface area contributed by atoms with Gasteiger partial charge in [-0.25, -0.2) is 4.98 Å². The number of benzene rings is 1. The van der Waals surface area contributed by atoms with Crippen LogP contribution in [-0.4, -0.2) is 26.0 Å². The van der Waals surface area contributed by atoms with Gasteiger partial charge in [0.2, 0.25) is 0 Å². The highest BCUT2D eigenvalue weighted by Gasteiger charge is 2.24. The molecule has 7 nitrogen and oxygen atoms in total. The summed E-state index contributed by atoms with van der Waals surface area (Å²) < 4.78 is 0.507. The SMILES string of the molecule is Cc1nc2sc3c(O)cc(=O)[nH]c3c2c(-c2cccnc2)c1C(=O)Nc1ccccc1. The van der Waals surface area contributed by atoms with Gasteiger partial charge in [-0.3, -0.25) is 14.6 Å². The van der Waals surface area contributed by atoms with Gasteiger partial charge in [0.05, 0.1) is 21.5 Å². The fraction of sp³-hybridized carbons (Fsp3) is 0.0435. The van der Waals surface area contributed by atoms with E-state index in [0.29, 0.717) is 48.5 Å². The minimum absolute atomic E-state index is 0.119. The van der Waals surface area contributed by atoms with E-state index in [0.717, 1.165) is 6.07 Å². The number of hydrogen-bond acceptors (Lipinski definition) is 6. The number of fused-ring (bicyclic) bond motifs is 3. The highest BCUT2D eigenvalue weighted by Crippen LogP contribution is 2.42. The van der Waals surface area contributed by atoms with Gasteiger partial charge in [-0.2, -0.15) is 0 Å². The van der Waals surface area contributed by atoms with E-state index >= 15 is 0 Å². The predicted molar refractivity (Wildman–Crippen MR) is 122 cm³/mol. The van der Waals surface area contributed by atoms with Crippen LogP contribution in [0.2, 0.25) is 0 Å². The summed E-state index contributed by atoms with van der Waals surface area (Å²) in [5.41, 5.74) is 2.91. The number of aromatic hydroxyl groups is 1. The van der Waals surface area contributed by atoms with Crippen LogP contribution in [0.1, 0.15) is 16.1 Å². The largest absolute Gasteiger partial charge is 0.506 e. The number of para-hydroxylation sites is 1. The molecule has 0 aliphatic carbocycles. The molecule has 0 saturated carbocycles. The Morgan fingerprint density at radius 2 is 1.97 bits per heavy atom. The van der Waals surface area contributed by atoms with Gasteiger partial charge >= 0.3 is 0 Å². The van der Waals surface area contributed by atoms with Crippen molar-refractivity contribution in [1.82, 2.24) is 15.0 Å². The van der Waals surface area contributed by atoms with E-state index in [2.05, 4.69) is 20.3 Å². The number of rotatable bonds is 3. The molecule has 5 rings (SSSR count). The van der Waals surface area contributed by atoms with E-state index in [-0.39, 0.29) is 11.7 Å². The Morgan fingerprint density at radius 3 is 2.71 bits per heavy atom. The summed E-state index contributed by atoms with van der Waals surface area (Å²) in [7, 11) is 0. The molecule has 152 valence electrons. The van der Waals surface area contributed by atoms with Crippen molar-refractivity contribution in [1.29, 1.82) is 0 Å². The summed E-state index contributed by atoms with van der Waals surface area (Å²) >= 11 is 1.26. The Labute approximate surface area is 180 Å². The van der Waals surface area contributed by atoms with Gasteiger partial charge in [0.15, 0.2) is 0 Å². The Morgan fingerprint density at radius 1 is 1.16 bits per heavy atom. The summed E-state index contributed by atoms with van der Waals surface area (Å²) in [4.78, 5) is 37.7. The molecule has 5 aromatic rings. The Hall–Kier alpha value is -4.04. The first kappa shape index (κ1) is 19.0. The summed E-state index contributed by atoms with van der Waals surface area (Å²) in [6.45, 7) is 1.77. The van der Waals surface area contributed by atoms with Gasteiger partial charge in [0.1, 0.15) is 10.6 Å². The number of H-pyrrole nitrogens is 1. The van der Waals surface area contributed by atoms with Crippen molar-refractivity contribution in [3.05, 3.63) is 82.5 Å². The third kappa shape index (κ3) is 3.23. The van der Waals surface area contributed by atoms with Crippen molar-refractivity contribution in [2.75, 3.05) is 5.32 Å². The lowest BCUT2D eigenvalue weighted by molar-refractivity contribution is 0.102. The number of carbonyl (C=O) groups is 1. The van der Waals surface area contributed by atoms with Crippen molar-refractivity contribution < 1.29 is 9.90 Å². The zero-order chi connectivity index (χ0) is 21.5. The fourth-order valence-corrected chi connectivity index (χ4v) is 4.79. The number of hydrogen-bond donors (Lipinski definition) is 3. The smallest absolute Gasteiger partial charge is 0.258 e. The van der Waals surface area contributed by atoms with Crippen molar-refractivity contribution in [2.24, 2.45) is 0 Å². The van der Waals surface area contributed by atoms with Gasteiger partial charge in [-0.15, -0.1) is 11.3 Å². The van der Waals surface area contributed by atoms with Gasteiger partial charge in [-0.1, -0.05) is 24.3 Å². The van der Waals surface area contributed by atoms with Gasteiger partial charge < -0.3 is 15.4 Å². The van der Waals surface area contributed by atoms with Crippen molar-refractivity contribution >= 4 is 43.4 Å². The summed E-state index contributed by atoms with van der Waals surface area (Å²) in [6, 6.07) is 13.9. The van der Waals surface area contributed by atoms with Crippen LogP contribution in [0.25, 0.3) is 31.6 Å². The number of thiophene rings is 1. The molecule has 0 aliphatic rings. The highest BCUT2D eigenvalue weighted by atomic mass is 32.1. The van der Waals surface area contributed by atoms with Crippen LogP contribution in [0.15, 0.2) is 65.7 Å². The van der Waals surface area contributed by atoms with Crippen LogP contribution in [0.4, 0.5) is 5.69 Å². The molecular formula is C23H16N4O3S. The van der Waals surface area contributed by atoms with E-state index in [1.807, 2.05) is 24.3 Å². The maximum absolute atomic E-state index is 13.4. The maximum atomic E-state index is 13.4. The van der Waals surface area contributed by atoms with Crippen molar-refractivity contribution in [3.8, 4) is 16.9 Å².